The molecule has 3 unspecified atom stereocenters. The van der Waals surface area contributed by atoms with E-state index in [-0.39, 0.29) is 0 Å². The lowest BCUT2D eigenvalue weighted by Crippen LogP contribution is -2.63. The van der Waals surface area contributed by atoms with Crippen LogP contribution >= 0.6 is 11.6 Å². The van der Waals surface area contributed by atoms with Gasteiger partial charge in [0.1, 0.15) is 17.0 Å². The monoisotopic (exact) mass is 296 g/mol. The van der Waals surface area contributed by atoms with E-state index in [0.717, 1.165) is 5.56 Å². The minimum atomic E-state index is -1.63. The van der Waals surface area contributed by atoms with Gasteiger partial charge in [0.15, 0.2) is 0 Å². The van der Waals surface area contributed by atoms with Gasteiger partial charge in [0.25, 0.3) is 0 Å². The van der Waals surface area contributed by atoms with E-state index in [9.17, 15) is 10.2 Å². The van der Waals surface area contributed by atoms with Gasteiger partial charge in [-0.05, 0) is 18.6 Å². The number of methoxy groups -OCH3 is 1. The Labute approximate surface area is 124 Å². The molecular weight excluding hydrogens is 276 g/mol. The van der Waals surface area contributed by atoms with E-state index >= 15 is 0 Å². The molecule has 0 spiro atoms. The second-order valence-corrected chi connectivity index (χ2v) is 6.52. The van der Waals surface area contributed by atoms with E-state index in [2.05, 4.69) is 6.58 Å². The highest BCUT2D eigenvalue weighted by atomic mass is 35.5. The molecule has 2 rings (SSSR count). The Morgan fingerprint density at radius 1 is 1.30 bits per heavy atom. The summed E-state index contributed by atoms with van der Waals surface area (Å²) in [5.74, 6) is 0.647. The van der Waals surface area contributed by atoms with Crippen molar-refractivity contribution in [3.05, 3.63) is 42.0 Å². The van der Waals surface area contributed by atoms with Crippen LogP contribution in [0, 0.1) is 0 Å². The molecule has 0 heterocycles. The zero-order valence-electron chi connectivity index (χ0n) is 12.3. The third kappa shape index (κ3) is 1.67. The molecule has 1 aromatic rings. The van der Waals surface area contributed by atoms with Crippen molar-refractivity contribution in [2.24, 2.45) is 0 Å². The van der Waals surface area contributed by atoms with E-state index in [1.54, 1.807) is 19.2 Å². The highest BCUT2D eigenvalue weighted by Crippen LogP contribution is 2.55. The molecule has 0 radical (unpaired) electrons. The molecule has 1 aliphatic rings. The zero-order chi connectivity index (χ0) is 15.3. The summed E-state index contributed by atoms with van der Waals surface area (Å²) in [6, 6.07) is 5.39. The van der Waals surface area contributed by atoms with E-state index in [4.69, 9.17) is 16.3 Å². The molecule has 2 N–H and O–H groups in total. The van der Waals surface area contributed by atoms with Crippen LogP contribution in [0.25, 0.3) is 0 Å². The van der Waals surface area contributed by atoms with E-state index < -0.39 is 22.0 Å². The Morgan fingerprint density at radius 3 is 2.40 bits per heavy atom. The summed E-state index contributed by atoms with van der Waals surface area (Å²) >= 11 is 6.51. The second-order valence-electron chi connectivity index (χ2n) is 6.09. The number of aliphatic hydroxyl groups is 2. The third-order valence-electron chi connectivity index (χ3n) is 4.50. The first-order valence-electron chi connectivity index (χ1n) is 6.55. The van der Waals surface area contributed by atoms with Crippen LogP contribution in [0.15, 0.2) is 30.9 Å². The topological polar surface area (TPSA) is 49.7 Å². The first-order valence-corrected chi connectivity index (χ1v) is 6.98. The van der Waals surface area contributed by atoms with Crippen molar-refractivity contribution in [1.29, 1.82) is 0 Å². The number of fused-ring (bicyclic) bond motifs is 1. The van der Waals surface area contributed by atoms with Crippen molar-refractivity contribution in [1.82, 2.24) is 0 Å². The summed E-state index contributed by atoms with van der Waals surface area (Å²) in [6.07, 6.45) is 1.34. The van der Waals surface area contributed by atoms with Gasteiger partial charge in [0, 0.05) is 11.0 Å². The van der Waals surface area contributed by atoms with Gasteiger partial charge in [-0.3, -0.25) is 0 Å². The highest BCUT2D eigenvalue weighted by Gasteiger charge is 2.60. The summed E-state index contributed by atoms with van der Waals surface area (Å²) in [5.41, 5.74) is -2.35. The third-order valence-corrected chi connectivity index (χ3v) is 5.47. The molecule has 0 saturated carbocycles. The molecule has 3 atom stereocenters. The van der Waals surface area contributed by atoms with Crippen molar-refractivity contribution in [3.8, 4) is 5.75 Å². The molecule has 0 aromatic heterocycles. The lowest BCUT2D eigenvalue weighted by atomic mass is 9.59. The average Bonchev–Trinajstić information content (AvgIpc) is 2.43. The Kier molecular flexibility index (Phi) is 3.44. The predicted molar refractivity (Wildman–Crippen MR) is 80.4 cm³/mol. The lowest BCUT2D eigenvalue weighted by Gasteiger charge is -2.53. The molecule has 0 saturated heterocycles. The highest BCUT2D eigenvalue weighted by molar-refractivity contribution is 6.22. The molecule has 110 valence electrons. The Balaban J connectivity index is 2.90. The van der Waals surface area contributed by atoms with Crippen LogP contribution in [-0.2, 0) is 11.0 Å². The molecule has 0 aliphatic heterocycles. The first kappa shape index (κ1) is 15.4. The van der Waals surface area contributed by atoms with Crippen LogP contribution < -0.4 is 4.74 Å². The fraction of sp³-hybridized carbons (Fsp3) is 0.500. The molecule has 1 aliphatic carbocycles. The summed E-state index contributed by atoms with van der Waals surface area (Å²) in [6.45, 7) is 9.08. The molecule has 0 bridgehead atoms. The van der Waals surface area contributed by atoms with Crippen molar-refractivity contribution in [2.75, 3.05) is 7.11 Å². The zero-order valence-corrected chi connectivity index (χ0v) is 13.0. The summed E-state index contributed by atoms with van der Waals surface area (Å²) in [4.78, 5) is 0. The number of halogens is 1. The van der Waals surface area contributed by atoms with Crippen molar-refractivity contribution in [2.45, 2.75) is 42.8 Å². The molecule has 4 heteroatoms. The van der Waals surface area contributed by atoms with Crippen LogP contribution in [-0.4, -0.2) is 28.3 Å². The molecular formula is C16H21ClO3. The quantitative estimate of drug-likeness (QED) is 0.652. The van der Waals surface area contributed by atoms with Crippen LogP contribution in [0.2, 0.25) is 0 Å². The largest absolute Gasteiger partial charge is 0.496 e. The summed E-state index contributed by atoms with van der Waals surface area (Å²) in [5, 5.41) is 21.1. The normalized spacial score (nSPS) is 35.2. The summed E-state index contributed by atoms with van der Waals surface area (Å²) in [7, 11) is 1.58. The van der Waals surface area contributed by atoms with E-state index in [0.29, 0.717) is 11.3 Å². The average molecular weight is 297 g/mol. The van der Waals surface area contributed by atoms with E-state index in [1.165, 1.54) is 13.0 Å². The number of hydrogen-bond donors (Lipinski definition) is 2. The van der Waals surface area contributed by atoms with Crippen molar-refractivity contribution >= 4 is 11.6 Å². The smallest absolute Gasteiger partial charge is 0.138 e. The van der Waals surface area contributed by atoms with Gasteiger partial charge in [-0.25, -0.2) is 0 Å². The summed E-state index contributed by atoms with van der Waals surface area (Å²) < 4.78 is 5.42. The first-order chi connectivity index (χ1) is 9.14. The van der Waals surface area contributed by atoms with Crippen LogP contribution in [0.5, 0.6) is 5.75 Å². The molecule has 0 fully saturated rings. The number of benzene rings is 1. The molecule has 0 amide bonds. The maximum Gasteiger partial charge on any atom is 0.138 e. The number of hydrogen-bond acceptors (Lipinski definition) is 3. The van der Waals surface area contributed by atoms with Crippen LogP contribution in [0.4, 0.5) is 0 Å². The van der Waals surface area contributed by atoms with Gasteiger partial charge in [-0.2, -0.15) is 0 Å². The van der Waals surface area contributed by atoms with Gasteiger partial charge in [0.2, 0.25) is 0 Å². The Morgan fingerprint density at radius 2 is 1.90 bits per heavy atom. The lowest BCUT2D eigenvalue weighted by molar-refractivity contribution is -0.136. The minimum absolute atomic E-state index is 0.567. The predicted octanol–water partition coefficient (Wildman–Crippen LogP) is 2.72. The fourth-order valence-electron chi connectivity index (χ4n) is 3.30. The van der Waals surface area contributed by atoms with Crippen LogP contribution in [0.1, 0.15) is 31.9 Å². The van der Waals surface area contributed by atoms with E-state index in [1.807, 2.05) is 19.9 Å². The van der Waals surface area contributed by atoms with Gasteiger partial charge >= 0.3 is 0 Å². The fourth-order valence-corrected chi connectivity index (χ4v) is 3.57. The number of ether oxygens (including phenoxy) is 1. The molecule has 3 nitrogen and oxygen atoms in total. The molecule has 1 aromatic carbocycles. The SMILES string of the molecule is C=CC1(O)c2cccc(OC)c2C(C)(C)C(Cl)C1(C)O. The van der Waals surface area contributed by atoms with Gasteiger partial charge in [-0.15, -0.1) is 11.6 Å². The van der Waals surface area contributed by atoms with Crippen molar-refractivity contribution < 1.29 is 14.9 Å². The standard InChI is InChI=1S/C16H21ClO3/c1-6-16(19)10-8-7-9-11(20-5)12(10)14(2,3)13(17)15(16,4)18/h6-9,13,18-19H,1H2,2-5H3. The van der Waals surface area contributed by atoms with Crippen molar-refractivity contribution in [3.63, 3.8) is 0 Å². The van der Waals surface area contributed by atoms with Gasteiger partial charge < -0.3 is 14.9 Å². The number of alkyl halides is 1. The second kappa shape index (κ2) is 4.48. The van der Waals surface area contributed by atoms with Crippen LogP contribution in [0.3, 0.4) is 0 Å². The van der Waals surface area contributed by atoms with Gasteiger partial charge in [-0.1, -0.05) is 38.6 Å². The maximum atomic E-state index is 11.0. The Bertz CT molecular complexity index is 551. The maximum absolute atomic E-state index is 11.0. The number of rotatable bonds is 2. The Hall–Kier alpha value is -1.03. The van der Waals surface area contributed by atoms with Gasteiger partial charge in [0.05, 0.1) is 12.5 Å². The minimum Gasteiger partial charge on any atom is -0.496 e. The molecule has 20 heavy (non-hydrogen) atoms.